The van der Waals surface area contributed by atoms with Crippen molar-refractivity contribution in [1.82, 2.24) is 20.3 Å². The lowest BCUT2D eigenvalue weighted by molar-refractivity contribution is -0.389. The van der Waals surface area contributed by atoms with Gasteiger partial charge in [0.2, 0.25) is 15.6 Å². The van der Waals surface area contributed by atoms with E-state index in [2.05, 4.69) is 66.0 Å². The molecule has 4 rings (SSSR count). The molecule has 2 aromatic heterocycles. The zero-order valence-electron chi connectivity index (χ0n) is 20.7. The fraction of sp³-hybridized carbons (Fsp3) is 0.571. The first-order chi connectivity index (χ1) is 17.2. The molecule has 2 aromatic rings. The van der Waals surface area contributed by atoms with Crippen molar-refractivity contribution in [2.75, 3.05) is 44.3 Å². The van der Waals surface area contributed by atoms with Gasteiger partial charge in [-0.15, -0.1) is 0 Å². The summed E-state index contributed by atoms with van der Waals surface area (Å²) in [6.07, 6.45) is 2.86. The molecule has 2 saturated heterocycles. The van der Waals surface area contributed by atoms with Gasteiger partial charge in [0, 0.05) is 58.8 Å². The van der Waals surface area contributed by atoms with Crippen molar-refractivity contribution in [2.45, 2.75) is 38.9 Å². The molecule has 0 amide bonds. The topological polar surface area (TPSA) is 159 Å². The molecule has 0 aromatic carbocycles. The fourth-order valence-electron chi connectivity index (χ4n) is 3.30. The second kappa shape index (κ2) is 13.7. The van der Waals surface area contributed by atoms with Crippen molar-refractivity contribution in [1.29, 1.82) is 0 Å². The average molecular weight is 670 g/mol. The highest BCUT2D eigenvalue weighted by Crippen LogP contribution is 2.31. The summed E-state index contributed by atoms with van der Waals surface area (Å²) >= 11 is 11.5. The third kappa shape index (κ3) is 10.3. The van der Waals surface area contributed by atoms with E-state index in [1.54, 1.807) is 6.20 Å². The van der Waals surface area contributed by atoms with Crippen LogP contribution in [-0.2, 0) is 9.47 Å². The number of nitro groups is 2. The third-order valence-corrected chi connectivity index (χ3v) is 6.00. The van der Waals surface area contributed by atoms with E-state index in [1.165, 1.54) is 12.3 Å². The van der Waals surface area contributed by atoms with Gasteiger partial charge in [-0.25, -0.2) is 9.97 Å². The van der Waals surface area contributed by atoms with Gasteiger partial charge in [0.1, 0.15) is 0 Å². The van der Waals surface area contributed by atoms with Crippen LogP contribution >= 0.6 is 43.5 Å². The molecule has 0 atom stereocenters. The Hall–Kier alpha value is -2.04. The lowest BCUT2D eigenvalue weighted by Crippen LogP contribution is -2.48. The van der Waals surface area contributed by atoms with Gasteiger partial charge in [-0.2, -0.15) is 0 Å². The molecular formula is C21H28Br2ClN7O6. The molecule has 2 aliphatic rings. The molecule has 0 radical (unpaired) electrons. The summed E-state index contributed by atoms with van der Waals surface area (Å²) in [5.74, 6) is -0.0411. The van der Waals surface area contributed by atoms with Gasteiger partial charge in [0.05, 0.1) is 35.5 Å². The Morgan fingerprint density at radius 1 is 1.05 bits per heavy atom. The maximum absolute atomic E-state index is 11.1. The Balaban J connectivity index is 0.000000215. The zero-order valence-corrected chi connectivity index (χ0v) is 24.7. The van der Waals surface area contributed by atoms with E-state index in [0.29, 0.717) is 30.0 Å². The Kier molecular flexibility index (Phi) is 11.5. The molecular weight excluding hydrogens is 642 g/mol. The number of hydrogen-bond acceptors (Lipinski definition) is 11. The van der Waals surface area contributed by atoms with Crippen LogP contribution in [0.5, 0.6) is 0 Å². The van der Waals surface area contributed by atoms with Crippen molar-refractivity contribution in [3.63, 3.8) is 0 Å². The molecule has 0 saturated carbocycles. The number of ether oxygens (including phenoxy) is 2. The number of nitrogens with zero attached hydrogens (tertiary/aromatic N) is 6. The summed E-state index contributed by atoms with van der Waals surface area (Å²) in [7, 11) is 0. The fourth-order valence-corrected chi connectivity index (χ4v) is 4.05. The van der Waals surface area contributed by atoms with E-state index in [9.17, 15) is 20.2 Å². The van der Waals surface area contributed by atoms with E-state index < -0.39 is 15.7 Å². The number of halogens is 3. The van der Waals surface area contributed by atoms with Crippen molar-refractivity contribution in [2.24, 2.45) is 0 Å². The van der Waals surface area contributed by atoms with Gasteiger partial charge in [-0.1, -0.05) is 11.6 Å². The average Bonchev–Trinajstić information content (AvgIpc) is 2.80. The predicted molar refractivity (Wildman–Crippen MR) is 145 cm³/mol. The molecule has 1 N–H and O–H groups in total. The van der Waals surface area contributed by atoms with Crippen LogP contribution in [-0.4, -0.2) is 75.4 Å². The number of nitrogens with one attached hydrogen (secondary N) is 1. The van der Waals surface area contributed by atoms with E-state index in [4.69, 9.17) is 21.1 Å². The smallest absolute Gasteiger partial charge is 0.373 e. The molecule has 16 heteroatoms. The molecule has 0 spiro atoms. The second-order valence-corrected chi connectivity index (χ2v) is 11.2. The van der Waals surface area contributed by atoms with E-state index in [1.807, 2.05) is 18.7 Å². The molecule has 37 heavy (non-hydrogen) atoms. The van der Waals surface area contributed by atoms with Crippen LogP contribution in [0, 0.1) is 20.2 Å². The molecule has 4 heterocycles. The van der Waals surface area contributed by atoms with Crippen molar-refractivity contribution in [3.8, 4) is 0 Å². The van der Waals surface area contributed by atoms with Gasteiger partial charge in [0.15, 0.2) is 0 Å². The van der Waals surface area contributed by atoms with Crippen LogP contribution in [0.1, 0.15) is 27.7 Å². The standard InChI is InChI=1S/C11H14BrN3O3.C6H13NO.C4HBrClN3O2/c1-11(2)7-14(3-4-18-11)10-9(15(16)17)5-8(12)6-13-10;1-6(2)5-7-3-4-8-6;5-2-1-7-3(6)4(8-2)9(10)11/h5-6H,3-4,7H2,1-2H3;7H,3-5H2,1-2H3;1H. The SMILES string of the molecule is CC1(C)CN(c2ncc(Br)cc2[N+](=O)[O-])CCO1.CC1(C)CNCCO1.O=[N+]([O-])c1nc(Br)cnc1Cl. The second-order valence-electron chi connectivity index (χ2n) is 9.13. The maximum atomic E-state index is 11.1. The summed E-state index contributed by atoms with van der Waals surface area (Å²) in [6.45, 7) is 12.7. The largest absolute Gasteiger partial charge is 0.402 e. The van der Waals surface area contributed by atoms with Crippen LogP contribution < -0.4 is 10.2 Å². The lowest BCUT2D eigenvalue weighted by Gasteiger charge is -2.38. The number of rotatable bonds is 3. The van der Waals surface area contributed by atoms with E-state index in [-0.39, 0.29) is 26.6 Å². The van der Waals surface area contributed by atoms with Crippen LogP contribution in [0.25, 0.3) is 0 Å². The quantitative estimate of drug-likeness (QED) is 0.361. The van der Waals surface area contributed by atoms with Gasteiger partial charge >= 0.3 is 11.5 Å². The normalized spacial score (nSPS) is 18.0. The minimum Gasteiger partial charge on any atom is -0.373 e. The van der Waals surface area contributed by atoms with Gasteiger partial charge in [-0.3, -0.25) is 10.1 Å². The minimum atomic E-state index is -0.694. The number of hydrogen-bond donors (Lipinski definition) is 1. The Morgan fingerprint density at radius 3 is 2.22 bits per heavy atom. The minimum absolute atomic E-state index is 0.0158. The zero-order chi connectivity index (χ0) is 27.8. The molecule has 0 unspecified atom stereocenters. The maximum Gasteiger partial charge on any atom is 0.402 e. The highest BCUT2D eigenvalue weighted by atomic mass is 79.9. The first-order valence-corrected chi connectivity index (χ1v) is 13.0. The number of morpholine rings is 2. The number of pyridine rings is 1. The molecule has 2 fully saturated rings. The van der Waals surface area contributed by atoms with Crippen LogP contribution in [0.2, 0.25) is 5.15 Å². The summed E-state index contributed by atoms with van der Waals surface area (Å²) < 4.78 is 11.9. The molecule has 204 valence electrons. The molecule has 13 nitrogen and oxygen atoms in total. The molecule has 2 aliphatic heterocycles. The Morgan fingerprint density at radius 2 is 1.73 bits per heavy atom. The molecule has 0 aliphatic carbocycles. The van der Waals surface area contributed by atoms with E-state index in [0.717, 1.165) is 19.7 Å². The summed E-state index contributed by atoms with van der Waals surface area (Å²) in [6, 6.07) is 1.48. The summed E-state index contributed by atoms with van der Waals surface area (Å²) in [5, 5.41) is 24.3. The predicted octanol–water partition coefficient (Wildman–Crippen LogP) is 4.55. The number of aromatic nitrogens is 3. The van der Waals surface area contributed by atoms with Crippen molar-refractivity contribution in [3.05, 3.63) is 52.9 Å². The first kappa shape index (κ1) is 31.2. The van der Waals surface area contributed by atoms with E-state index >= 15 is 0 Å². The van der Waals surface area contributed by atoms with Crippen LogP contribution in [0.3, 0.4) is 0 Å². The van der Waals surface area contributed by atoms with Crippen LogP contribution in [0.4, 0.5) is 17.3 Å². The Bertz CT molecular complexity index is 1100. The Labute approximate surface area is 235 Å². The highest BCUT2D eigenvalue weighted by Gasteiger charge is 2.31. The number of anilines is 1. The van der Waals surface area contributed by atoms with Crippen LogP contribution in [0.15, 0.2) is 27.5 Å². The summed E-state index contributed by atoms with van der Waals surface area (Å²) in [4.78, 5) is 33.2. The van der Waals surface area contributed by atoms with Gasteiger partial charge in [-0.05, 0) is 53.5 Å². The third-order valence-electron chi connectivity index (χ3n) is 4.91. The summed E-state index contributed by atoms with van der Waals surface area (Å²) in [5.41, 5.74) is -0.235. The van der Waals surface area contributed by atoms with Crippen molar-refractivity contribution < 1.29 is 19.3 Å². The highest BCUT2D eigenvalue weighted by molar-refractivity contribution is 9.10. The monoisotopic (exact) mass is 667 g/mol. The lowest BCUT2D eigenvalue weighted by atomic mass is 10.1. The first-order valence-electron chi connectivity index (χ1n) is 11.1. The van der Waals surface area contributed by atoms with Gasteiger partial charge < -0.3 is 29.8 Å². The van der Waals surface area contributed by atoms with Crippen molar-refractivity contribution >= 4 is 60.8 Å². The van der Waals surface area contributed by atoms with Gasteiger partial charge in [0.25, 0.3) is 0 Å². The molecule has 0 bridgehead atoms.